The first kappa shape index (κ1) is 16.1. The Morgan fingerprint density at radius 2 is 1.91 bits per heavy atom. The van der Waals surface area contributed by atoms with Crippen molar-refractivity contribution in [3.63, 3.8) is 0 Å². The lowest BCUT2D eigenvalue weighted by Gasteiger charge is -2.29. The molecule has 0 bridgehead atoms. The first-order valence-electron chi connectivity index (χ1n) is 7.12. The zero-order valence-corrected chi connectivity index (χ0v) is 13.7. The third-order valence-electron chi connectivity index (χ3n) is 3.68. The normalized spacial score (nSPS) is 18.0. The predicted molar refractivity (Wildman–Crippen MR) is 85.9 cm³/mol. The number of fused-ring (bicyclic) bond motifs is 1. The number of amides is 1. The molecule has 7 nitrogen and oxygen atoms in total. The second-order valence-corrected chi connectivity index (χ2v) is 6.64. The van der Waals surface area contributed by atoms with Crippen molar-refractivity contribution < 1.29 is 9.21 Å². The van der Waals surface area contributed by atoms with Gasteiger partial charge >= 0.3 is 0 Å². The van der Waals surface area contributed by atoms with Gasteiger partial charge in [0.2, 0.25) is 5.96 Å². The molecule has 1 aromatic heterocycles. The number of carbonyl (C=O) groups is 1. The van der Waals surface area contributed by atoms with E-state index in [2.05, 4.69) is 24.1 Å². The van der Waals surface area contributed by atoms with Gasteiger partial charge in [-0.1, -0.05) is 13.8 Å². The number of hydrogen-bond acceptors (Lipinski definition) is 4. The Morgan fingerprint density at radius 1 is 1.27 bits per heavy atom. The molecule has 7 heteroatoms. The number of carbonyl (C=O) groups excluding carboxylic acids is 1. The van der Waals surface area contributed by atoms with Crippen LogP contribution in [0, 0.1) is 12.3 Å². The number of furan rings is 1. The van der Waals surface area contributed by atoms with Crippen molar-refractivity contribution in [3.8, 4) is 0 Å². The van der Waals surface area contributed by atoms with Crippen LogP contribution in [0.4, 0.5) is 0 Å². The summed E-state index contributed by atoms with van der Waals surface area (Å²) in [6.45, 7) is 6.10. The second kappa shape index (κ2) is 5.47. The molecular formula is C15H23N5O2. The van der Waals surface area contributed by atoms with Crippen LogP contribution in [0.2, 0.25) is 0 Å². The molecule has 1 aromatic rings. The van der Waals surface area contributed by atoms with Crippen molar-refractivity contribution in [2.75, 3.05) is 14.1 Å². The summed E-state index contributed by atoms with van der Waals surface area (Å²) in [6.07, 6.45) is 1.46. The van der Waals surface area contributed by atoms with Crippen LogP contribution in [0.1, 0.15) is 47.7 Å². The fraction of sp³-hybridized carbons (Fsp3) is 0.533. The van der Waals surface area contributed by atoms with Gasteiger partial charge in [0.05, 0.1) is 5.71 Å². The first-order chi connectivity index (χ1) is 10.1. The highest BCUT2D eigenvalue weighted by atomic mass is 16.4. The maximum absolute atomic E-state index is 12.2. The van der Waals surface area contributed by atoms with E-state index in [-0.39, 0.29) is 17.3 Å². The molecule has 0 atom stereocenters. The van der Waals surface area contributed by atoms with Crippen molar-refractivity contribution in [1.82, 2.24) is 4.90 Å². The fourth-order valence-electron chi connectivity index (χ4n) is 2.72. The quantitative estimate of drug-likeness (QED) is 0.486. The van der Waals surface area contributed by atoms with E-state index < -0.39 is 0 Å². The number of nitrogens with zero attached hydrogens (tertiary/aromatic N) is 3. The van der Waals surface area contributed by atoms with Crippen LogP contribution in [0.5, 0.6) is 0 Å². The lowest BCUT2D eigenvalue weighted by atomic mass is 9.75. The summed E-state index contributed by atoms with van der Waals surface area (Å²) < 4.78 is 5.85. The van der Waals surface area contributed by atoms with Crippen LogP contribution >= 0.6 is 0 Å². The molecule has 0 unspecified atom stereocenters. The van der Waals surface area contributed by atoms with Gasteiger partial charge in [0.1, 0.15) is 5.76 Å². The molecule has 0 spiro atoms. The van der Waals surface area contributed by atoms with E-state index in [9.17, 15) is 4.79 Å². The lowest BCUT2D eigenvalue weighted by Crippen LogP contribution is -2.27. The van der Waals surface area contributed by atoms with Crippen molar-refractivity contribution in [2.24, 2.45) is 27.1 Å². The SMILES string of the molecule is Cc1c(C(=O)N(C)C)oc2c1/C(=N\N=C(N)N)CC(C)(C)C2. The van der Waals surface area contributed by atoms with Gasteiger partial charge in [-0.05, 0) is 18.8 Å². The van der Waals surface area contributed by atoms with Gasteiger partial charge in [-0.3, -0.25) is 4.79 Å². The second-order valence-electron chi connectivity index (χ2n) is 6.64. The third kappa shape index (κ3) is 2.98. The van der Waals surface area contributed by atoms with E-state index in [4.69, 9.17) is 15.9 Å². The summed E-state index contributed by atoms with van der Waals surface area (Å²) in [6, 6.07) is 0. The molecule has 1 amide bonds. The van der Waals surface area contributed by atoms with Crippen LogP contribution < -0.4 is 11.5 Å². The summed E-state index contributed by atoms with van der Waals surface area (Å²) in [5, 5.41) is 7.93. The Morgan fingerprint density at radius 3 is 2.45 bits per heavy atom. The summed E-state index contributed by atoms with van der Waals surface area (Å²) in [4.78, 5) is 13.7. The minimum atomic E-state index is -0.161. The highest BCUT2D eigenvalue weighted by molar-refractivity contribution is 6.06. The van der Waals surface area contributed by atoms with Crippen molar-refractivity contribution in [1.29, 1.82) is 0 Å². The number of rotatable bonds is 2. The topological polar surface area (TPSA) is 110 Å². The van der Waals surface area contributed by atoms with Crippen LogP contribution in [0.3, 0.4) is 0 Å². The van der Waals surface area contributed by atoms with Gasteiger partial charge in [0, 0.05) is 31.6 Å². The van der Waals surface area contributed by atoms with Crippen LogP contribution in [0.25, 0.3) is 0 Å². The minimum absolute atomic E-state index is 0.0343. The highest BCUT2D eigenvalue weighted by Gasteiger charge is 2.36. The van der Waals surface area contributed by atoms with E-state index in [0.717, 1.165) is 29.0 Å². The fourth-order valence-corrected chi connectivity index (χ4v) is 2.72. The van der Waals surface area contributed by atoms with Gasteiger partial charge in [-0.2, -0.15) is 5.10 Å². The van der Waals surface area contributed by atoms with Crippen molar-refractivity contribution in [3.05, 3.63) is 22.6 Å². The Labute approximate surface area is 130 Å². The Bertz CT molecular complexity index is 664. The van der Waals surface area contributed by atoms with Gasteiger partial charge in [-0.25, -0.2) is 0 Å². The molecule has 1 heterocycles. The molecule has 120 valence electrons. The zero-order valence-electron chi connectivity index (χ0n) is 13.7. The summed E-state index contributed by atoms with van der Waals surface area (Å²) in [5.41, 5.74) is 13.1. The predicted octanol–water partition coefficient (Wildman–Crippen LogP) is 1.24. The maximum atomic E-state index is 12.2. The first-order valence-corrected chi connectivity index (χ1v) is 7.12. The Hall–Kier alpha value is -2.31. The molecule has 0 radical (unpaired) electrons. The monoisotopic (exact) mass is 305 g/mol. The molecule has 0 saturated carbocycles. The molecule has 2 rings (SSSR count). The molecular weight excluding hydrogens is 282 g/mol. The Kier molecular flexibility index (Phi) is 4.00. The third-order valence-corrected chi connectivity index (χ3v) is 3.68. The molecule has 0 aliphatic heterocycles. The average Bonchev–Trinajstić information content (AvgIpc) is 2.70. The van der Waals surface area contributed by atoms with Crippen LogP contribution in [-0.4, -0.2) is 36.6 Å². The number of hydrogen-bond donors (Lipinski definition) is 2. The molecule has 0 saturated heterocycles. The van der Waals surface area contributed by atoms with Crippen LogP contribution in [-0.2, 0) is 6.42 Å². The minimum Gasteiger partial charge on any atom is -0.455 e. The molecule has 22 heavy (non-hydrogen) atoms. The molecule has 0 fully saturated rings. The highest BCUT2D eigenvalue weighted by Crippen LogP contribution is 2.39. The van der Waals surface area contributed by atoms with Gasteiger partial charge < -0.3 is 20.8 Å². The van der Waals surface area contributed by atoms with Crippen LogP contribution in [0.15, 0.2) is 14.6 Å². The van der Waals surface area contributed by atoms with E-state index in [0.29, 0.717) is 12.2 Å². The van der Waals surface area contributed by atoms with E-state index >= 15 is 0 Å². The Balaban J connectivity index is 2.59. The number of guanidine groups is 1. The summed E-state index contributed by atoms with van der Waals surface area (Å²) in [5.74, 6) is 0.864. The van der Waals surface area contributed by atoms with E-state index in [1.807, 2.05) is 6.92 Å². The number of nitrogens with two attached hydrogens (primary N) is 2. The smallest absolute Gasteiger partial charge is 0.289 e. The summed E-state index contributed by atoms with van der Waals surface area (Å²) >= 11 is 0. The zero-order chi connectivity index (χ0) is 16.7. The molecule has 1 aliphatic carbocycles. The van der Waals surface area contributed by atoms with Gasteiger partial charge in [-0.15, -0.1) is 5.10 Å². The summed E-state index contributed by atoms with van der Waals surface area (Å²) in [7, 11) is 3.39. The van der Waals surface area contributed by atoms with E-state index in [1.165, 1.54) is 4.90 Å². The van der Waals surface area contributed by atoms with E-state index in [1.54, 1.807) is 14.1 Å². The maximum Gasteiger partial charge on any atom is 0.289 e. The lowest BCUT2D eigenvalue weighted by molar-refractivity contribution is 0.0792. The molecule has 4 N–H and O–H groups in total. The standard InChI is InChI=1S/C15H23N5O2/c1-8-11-9(18-19-14(16)17)6-15(2,3)7-10(11)22-12(8)13(21)20(4)5/h6-7H2,1-5H3,(H4,16,17,19)/b18-9-. The van der Waals surface area contributed by atoms with Gasteiger partial charge in [0.15, 0.2) is 5.76 Å². The largest absolute Gasteiger partial charge is 0.455 e. The molecule has 1 aliphatic rings. The van der Waals surface area contributed by atoms with Crippen molar-refractivity contribution >= 4 is 17.6 Å². The van der Waals surface area contributed by atoms with Crippen molar-refractivity contribution in [2.45, 2.75) is 33.6 Å². The molecule has 0 aromatic carbocycles. The van der Waals surface area contributed by atoms with Gasteiger partial charge in [0.25, 0.3) is 5.91 Å². The average molecular weight is 305 g/mol.